The number of hydrogen-bond acceptors (Lipinski definition) is 3. The fraction of sp³-hybridized carbons (Fsp3) is 0.118. The molecule has 3 nitrogen and oxygen atoms in total. The van der Waals surface area contributed by atoms with Crippen LogP contribution in [0.3, 0.4) is 0 Å². The van der Waals surface area contributed by atoms with Gasteiger partial charge in [-0.2, -0.15) is 0 Å². The fourth-order valence-electron chi connectivity index (χ4n) is 1.79. The van der Waals surface area contributed by atoms with Gasteiger partial charge in [0.05, 0.1) is 12.3 Å². The second-order valence-electron chi connectivity index (χ2n) is 4.42. The number of nitrogens with one attached hydrogen (secondary N) is 1. The SMILES string of the molecule is CCOc1ccc(C(=O)/C=C/Nc2ccc(F)cc2Br)cc1. The molecule has 2 aromatic rings. The summed E-state index contributed by atoms with van der Waals surface area (Å²) in [6, 6.07) is 11.2. The van der Waals surface area contributed by atoms with Gasteiger partial charge in [0.25, 0.3) is 0 Å². The Hall–Kier alpha value is -2.14. The summed E-state index contributed by atoms with van der Waals surface area (Å²) >= 11 is 3.25. The second kappa shape index (κ2) is 7.75. The molecule has 0 heterocycles. The van der Waals surface area contributed by atoms with Gasteiger partial charge in [-0.3, -0.25) is 4.79 Å². The van der Waals surface area contributed by atoms with Crippen molar-refractivity contribution >= 4 is 27.4 Å². The quantitative estimate of drug-likeness (QED) is 0.591. The van der Waals surface area contributed by atoms with Gasteiger partial charge in [0.2, 0.25) is 0 Å². The molecule has 114 valence electrons. The Kier molecular flexibility index (Phi) is 5.72. The van der Waals surface area contributed by atoms with Gasteiger partial charge in [-0.15, -0.1) is 0 Å². The van der Waals surface area contributed by atoms with Gasteiger partial charge in [-0.05, 0) is 65.3 Å². The van der Waals surface area contributed by atoms with Gasteiger partial charge in [0, 0.05) is 22.3 Å². The van der Waals surface area contributed by atoms with E-state index in [-0.39, 0.29) is 11.6 Å². The van der Waals surface area contributed by atoms with Gasteiger partial charge in [0.15, 0.2) is 5.78 Å². The normalized spacial score (nSPS) is 10.7. The van der Waals surface area contributed by atoms with Crippen molar-refractivity contribution in [3.8, 4) is 5.75 Å². The van der Waals surface area contributed by atoms with Crippen molar-refractivity contribution in [2.24, 2.45) is 0 Å². The third-order valence-corrected chi connectivity index (χ3v) is 3.51. The van der Waals surface area contributed by atoms with E-state index in [2.05, 4.69) is 21.2 Å². The summed E-state index contributed by atoms with van der Waals surface area (Å²) < 4.78 is 18.9. The van der Waals surface area contributed by atoms with Crippen molar-refractivity contribution in [3.63, 3.8) is 0 Å². The van der Waals surface area contributed by atoms with Gasteiger partial charge >= 0.3 is 0 Å². The number of carbonyl (C=O) groups is 1. The molecule has 22 heavy (non-hydrogen) atoms. The summed E-state index contributed by atoms with van der Waals surface area (Å²) in [5.74, 6) is 0.275. The Bertz CT molecular complexity index is 684. The Morgan fingerprint density at radius 1 is 1.27 bits per heavy atom. The maximum Gasteiger partial charge on any atom is 0.187 e. The standard InChI is InChI=1S/C17H15BrFNO2/c1-2-22-14-6-3-12(4-7-14)17(21)9-10-20-16-8-5-13(19)11-15(16)18/h3-11,20H,2H2,1H3/b10-9+. The number of anilines is 1. The number of halogens is 2. The number of benzene rings is 2. The largest absolute Gasteiger partial charge is 0.494 e. The van der Waals surface area contributed by atoms with E-state index in [1.807, 2.05) is 6.92 Å². The summed E-state index contributed by atoms with van der Waals surface area (Å²) in [4.78, 5) is 12.0. The Morgan fingerprint density at radius 2 is 2.00 bits per heavy atom. The summed E-state index contributed by atoms with van der Waals surface area (Å²) in [6.07, 6.45) is 2.95. The zero-order valence-electron chi connectivity index (χ0n) is 12.0. The smallest absolute Gasteiger partial charge is 0.187 e. The number of ketones is 1. The Balaban J connectivity index is 1.98. The van der Waals surface area contributed by atoms with Crippen LogP contribution in [0, 0.1) is 5.82 Å². The van der Waals surface area contributed by atoms with Gasteiger partial charge < -0.3 is 10.1 Å². The molecule has 5 heteroatoms. The molecule has 0 atom stereocenters. The first kappa shape index (κ1) is 16.2. The van der Waals surface area contributed by atoms with Crippen LogP contribution in [-0.2, 0) is 0 Å². The van der Waals surface area contributed by atoms with Crippen molar-refractivity contribution < 1.29 is 13.9 Å². The van der Waals surface area contributed by atoms with Crippen LogP contribution >= 0.6 is 15.9 Å². The zero-order valence-corrected chi connectivity index (χ0v) is 13.6. The Morgan fingerprint density at radius 3 is 2.64 bits per heavy atom. The fourth-order valence-corrected chi connectivity index (χ4v) is 2.26. The van der Waals surface area contributed by atoms with Crippen molar-refractivity contribution in [1.82, 2.24) is 0 Å². The van der Waals surface area contributed by atoms with Crippen LogP contribution in [-0.4, -0.2) is 12.4 Å². The molecule has 0 spiro atoms. The predicted molar refractivity (Wildman–Crippen MR) is 88.8 cm³/mol. The third kappa shape index (κ3) is 4.43. The summed E-state index contributed by atoms with van der Waals surface area (Å²) in [5.41, 5.74) is 1.25. The van der Waals surface area contributed by atoms with E-state index in [1.54, 1.807) is 30.3 Å². The molecule has 1 N–H and O–H groups in total. The first-order chi connectivity index (χ1) is 10.6. The molecule has 2 rings (SSSR count). The molecule has 2 aromatic carbocycles. The highest BCUT2D eigenvalue weighted by molar-refractivity contribution is 9.10. The molecule has 0 unspecified atom stereocenters. The van der Waals surface area contributed by atoms with Crippen LogP contribution in [0.4, 0.5) is 10.1 Å². The van der Waals surface area contributed by atoms with Crippen LogP contribution in [0.25, 0.3) is 0 Å². The lowest BCUT2D eigenvalue weighted by Crippen LogP contribution is -1.97. The van der Waals surface area contributed by atoms with E-state index < -0.39 is 0 Å². The molecular weight excluding hydrogens is 349 g/mol. The summed E-state index contributed by atoms with van der Waals surface area (Å²) in [5, 5.41) is 2.93. The van der Waals surface area contributed by atoms with Gasteiger partial charge in [-0.25, -0.2) is 4.39 Å². The first-order valence-electron chi connectivity index (χ1n) is 6.75. The molecule has 0 aliphatic carbocycles. The molecule has 0 aliphatic heterocycles. The van der Waals surface area contributed by atoms with E-state index in [4.69, 9.17) is 4.74 Å². The van der Waals surface area contributed by atoms with E-state index >= 15 is 0 Å². The lowest BCUT2D eigenvalue weighted by Gasteiger charge is -2.04. The van der Waals surface area contributed by atoms with Gasteiger partial charge in [-0.1, -0.05) is 0 Å². The molecule has 0 saturated heterocycles. The number of carbonyl (C=O) groups excluding carboxylic acids is 1. The second-order valence-corrected chi connectivity index (χ2v) is 5.28. The lowest BCUT2D eigenvalue weighted by molar-refractivity contribution is 0.104. The highest BCUT2D eigenvalue weighted by Crippen LogP contribution is 2.23. The minimum atomic E-state index is -0.327. The van der Waals surface area contributed by atoms with Crippen LogP contribution < -0.4 is 10.1 Å². The highest BCUT2D eigenvalue weighted by atomic mass is 79.9. The van der Waals surface area contributed by atoms with Crippen molar-refractivity contribution in [2.75, 3.05) is 11.9 Å². The predicted octanol–water partition coefficient (Wildman–Crippen LogP) is 4.80. The van der Waals surface area contributed by atoms with E-state index in [0.29, 0.717) is 22.3 Å². The summed E-state index contributed by atoms with van der Waals surface area (Å²) in [6.45, 7) is 2.49. The molecule has 0 radical (unpaired) electrons. The average molecular weight is 364 g/mol. The average Bonchev–Trinajstić information content (AvgIpc) is 2.50. The minimum absolute atomic E-state index is 0.131. The van der Waals surface area contributed by atoms with Crippen molar-refractivity contribution in [2.45, 2.75) is 6.92 Å². The van der Waals surface area contributed by atoms with E-state index in [1.165, 1.54) is 24.4 Å². The van der Waals surface area contributed by atoms with Crippen LogP contribution in [0.5, 0.6) is 5.75 Å². The van der Waals surface area contributed by atoms with E-state index in [0.717, 1.165) is 5.75 Å². The number of ether oxygens (including phenoxy) is 1. The monoisotopic (exact) mass is 363 g/mol. The Labute approximate surface area is 136 Å². The van der Waals surface area contributed by atoms with E-state index in [9.17, 15) is 9.18 Å². The maximum absolute atomic E-state index is 13.0. The number of hydrogen-bond donors (Lipinski definition) is 1. The summed E-state index contributed by atoms with van der Waals surface area (Å²) in [7, 11) is 0. The molecule has 0 aliphatic rings. The zero-order chi connectivity index (χ0) is 15.9. The van der Waals surface area contributed by atoms with Gasteiger partial charge in [0.1, 0.15) is 11.6 Å². The molecular formula is C17H15BrFNO2. The molecule has 0 aromatic heterocycles. The molecule has 0 saturated carbocycles. The van der Waals surface area contributed by atoms with Crippen LogP contribution in [0.15, 0.2) is 59.2 Å². The first-order valence-corrected chi connectivity index (χ1v) is 7.55. The minimum Gasteiger partial charge on any atom is -0.494 e. The molecule has 0 amide bonds. The number of allylic oxidation sites excluding steroid dienone is 1. The van der Waals surface area contributed by atoms with Crippen molar-refractivity contribution in [3.05, 3.63) is 70.6 Å². The van der Waals surface area contributed by atoms with Crippen LogP contribution in [0.1, 0.15) is 17.3 Å². The topological polar surface area (TPSA) is 38.3 Å². The number of rotatable bonds is 6. The van der Waals surface area contributed by atoms with Crippen LogP contribution in [0.2, 0.25) is 0 Å². The maximum atomic E-state index is 13.0. The molecule has 0 fully saturated rings. The third-order valence-electron chi connectivity index (χ3n) is 2.85. The lowest BCUT2D eigenvalue weighted by atomic mass is 10.1. The van der Waals surface area contributed by atoms with Crippen molar-refractivity contribution in [1.29, 1.82) is 0 Å². The molecule has 0 bridgehead atoms. The highest BCUT2D eigenvalue weighted by Gasteiger charge is 2.03.